The van der Waals surface area contributed by atoms with Crippen LogP contribution >= 0.6 is 11.6 Å². The Hall–Kier alpha value is -1.22. The summed E-state index contributed by atoms with van der Waals surface area (Å²) < 4.78 is 0. The van der Waals surface area contributed by atoms with Crippen molar-refractivity contribution in [3.63, 3.8) is 0 Å². The Morgan fingerprint density at radius 1 is 1.38 bits per heavy atom. The molecule has 16 heavy (non-hydrogen) atoms. The van der Waals surface area contributed by atoms with Crippen LogP contribution in [0.15, 0.2) is 18.2 Å². The van der Waals surface area contributed by atoms with E-state index >= 15 is 0 Å². The van der Waals surface area contributed by atoms with Crippen molar-refractivity contribution in [1.82, 2.24) is 5.32 Å². The average molecular weight is 237 g/mol. The third-order valence-electron chi connectivity index (χ3n) is 3.60. The van der Waals surface area contributed by atoms with E-state index in [1.807, 2.05) is 0 Å². The Bertz CT molecular complexity index is 435. The van der Waals surface area contributed by atoms with Gasteiger partial charge in [-0.1, -0.05) is 11.6 Å². The molecule has 0 aromatic heterocycles. The van der Waals surface area contributed by atoms with Gasteiger partial charge in [0.25, 0.3) is 5.91 Å². The summed E-state index contributed by atoms with van der Waals surface area (Å²) in [5, 5.41) is 3.58. The number of hydrogen-bond donors (Lipinski definition) is 2. The van der Waals surface area contributed by atoms with E-state index in [1.165, 1.54) is 0 Å². The van der Waals surface area contributed by atoms with Crippen molar-refractivity contribution in [3.05, 3.63) is 28.8 Å². The first-order valence-corrected chi connectivity index (χ1v) is 5.83. The van der Waals surface area contributed by atoms with Crippen molar-refractivity contribution in [2.75, 3.05) is 5.73 Å². The number of rotatable bonds is 2. The first kappa shape index (κ1) is 9.97. The van der Waals surface area contributed by atoms with E-state index in [1.54, 1.807) is 18.2 Å². The number of halogens is 1. The van der Waals surface area contributed by atoms with Gasteiger partial charge in [-0.05, 0) is 43.4 Å². The van der Waals surface area contributed by atoms with Crippen LogP contribution in [0.4, 0.5) is 5.69 Å². The van der Waals surface area contributed by atoms with E-state index in [0.29, 0.717) is 16.3 Å². The third kappa shape index (κ3) is 1.47. The van der Waals surface area contributed by atoms with Gasteiger partial charge in [-0.3, -0.25) is 4.79 Å². The smallest absolute Gasteiger partial charge is 0.251 e. The van der Waals surface area contributed by atoms with E-state index in [0.717, 1.165) is 25.2 Å². The fraction of sp³-hybridized carbons (Fsp3) is 0.417. The summed E-state index contributed by atoms with van der Waals surface area (Å²) in [5.74, 6) is 0.789. The Labute approximate surface area is 99.0 Å². The van der Waals surface area contributed by atoms with Crippen LogP contribution in [0.3, 0.4) is 0 Å². The van der Waals surface area contributed by atoms with Crippen LogP contribution in [-0.2, 0) is 0 Å². The highest BCUT2D eigenvalue weighted by Gasteiger charge is 2.57. The second kappa shape index (κ2) is 3.14. The van der Waals surface area contributed by atoms with Crippen LogP contribution in [0.1, 0.15) is 29.6 Å². The van der Waals surface area contributed by atoms with Crippen molar-refractivity contribution in [1.29, 1.82) is 0 Å². The van der Waals surface area contributed by atoms with Gasteiger partial charge in [0.2, 0.25) is 0 Å². The fourth-order valence-electron chi connectivity index (χ4n) is 2.69. The Morgan fingerprint density at radius 3 is 2.56 bits per heavy atom. The van der Waals surface area contributed by atoms with Gasteiger partial charge in [0.05, 0.1) is 0 Å². The second-order valence-electron chi connectivity index (χ2n) is 4.99. The molecule has 0 unspecified atom stereocenters. The predicted octanol–water partition coefficient (Wildman–Crippen LogP) is 2.20. The maximum absolute atomic E-state index is 12.0. The summed E-state index contributed by atoms with van der Waals surface area (Å²) in [6, 6.07) is 4.95. The highest BCUT2D eigenvalue weighted by molar-refractivity contribution is 6.31. The largest absolute Gasteiger partial charge is 0.399 e. The molecule has 3 saturated carbocycles. The molecule has 0 heterocycles. The number of amides is 1. The van der Waals surface area contributed by atoms with Crippen molar-refractivity contribution in [2.45, 2.75) is 24.8 Å². The SMILES string of the molecule is Nc1cc(Cl)cc(C(=O)NC23CC(C2)C3)c1. The summed E-state index contributed by atoms with van der Waals surface area (Å²) in [6.07, 6.45) is 3.40. The molecule has 1 aromatic carbocycles. The van der Waals surface area contributed by atoms with Crippen LogP contribution in [0.5, 0.6) is 0 Å². The first-order chi connectivity index (χ1) is 7.56. The number of nitrogens with two attached hydrogens (primary N) is 1. The zero-order valence-corrected chi connectivity index (χ0v) is 9.55. The maximum atomic E-state index is 12.0. The molecule has 0 aliphatic heterocycles. The molecule has 3 fully saturated rings. The summed E-state index contributed by atoms with van der Waals surface area (Å²) in [4.78, 5) is 12.0. The lowest BCUT2D eigenvalue weighted by atomic mass is 9.50. The van der Waals surface area contributed by atoms with Crippen molar-refractivity contribution >= 4 is 23.2 Å². The van der Waals surface area contributed by atoms with Gasteiger partial charge in [-0.25, -0.2) is 0 Å². The van der Waals surface area contributed by atoms with Gasteiger partial charge in [-0.15, -0.1) is 0 Å². The van der Waals surface area contributed by atoms with Gasteiger partial charge in [0, 0.05) is 21.8 Å². The van der Waals surface area contributed by atoms with Gasteiger partial charge >= 0.3 is 0 Å². The lowest BCUT2D eigenvalue weighted by molar-refractivity contribution is -0.0438. The van der Waals surface area contributed by atoms with E-state index in [2.05, 4.69) is 5.32 Å². The summed E-state index contributed by atoms with van der Waals surface area (Å²) in [5.41, 5.74) is 6.82. The maximum Gasteiger partial charge on any atom is 0.251 e. The third-order valence-corrected chi connectivity index (χ3v) is 3.82. The molecular formula is C12H13ClN2O. The number of benzene rings is 1. The van der Waals surface area contributed by atoms with Crippen molar-refractivity contribution < 1.29 is 4.79 Å². The molecule has 0 radical (unpaired) electrons. The minimum atomic E-state index is -0.0626. The molecule has 0 saturated heterocycles. The monoisotopic (exact) mass is 236 g/mol. The highest BCUT2D eigenvalue weighted by atomic mass is 35.5. The van der Waals surface area contributed by atoms with E-state index in [9.17, 15) is 4.79 Å². The van der Waals surface area contributed by atoms with Crippen LogP contribution < -0.4 is 11.1 Å². The van der Waals surface area contributed by atoms with Crippen LogP contribution in [0, 0.1) is 5.92 Å². The number of carbonyl (C=O) groups is 1. The molecule has 0 atom stereocenters. The van der Waals surface area contributed by atoms with Gasteiger partial charge in [-0.2, -0.15) is 0 Å². The number of hydrogen-bond acceptors (Lipinski definition) is 2. The Balaban J connectivity index is 1.77. The predicted molar refractivity (Wildman–Crippen MR) is 63.4 cm³/mol. The average Bonchev–Trinajstić information content (AvgIpc) is 2.07. The zero-order valence-electron chi connectivity index (χ0n) is 8.79. The summed E-state index contributed by atoms with van der Waals surface area (Å²) in [7, 11) is 0. The second-order valence-corrected chi connectivity index (χ2v) is 5.42. The molecule has 1 aromatic rings. The zero-order chi connectivity index (χ0) is 11.3. The summed E-state index contributed by atoms with van der Waals surface area (Å²) >= 11 is 5.86. The Morgan fingerprint density at radius 2 is 2.06 bits per heavy atom. The molecule has 0 spiro atoms. The lowest BCUT2D eigenvalue weighted by Gasteiger charge is -2.61. The fourth-order valence-corrected chi connectivity index (χ4v) is 2.93. The van der Waals surface area contributed by atoms with Crippen LogP contribution in [0.2, 0.25) is 5.02 Å². The molecule has 1 amide bonds. The van der Waals surface area contributed by atoms with Crippen molar-refractivity contribution in [2.24, 2.45) is 5.92 Å². The molecular weight excluding hydrogens is 224 g/mol. The van der Waals surface area contributed by atoms with Gasteiger partial charge in [0.15, 0.2) is 0 Å². The molecule has 3 aliphatic carbocycles. The molecule has 2 bridgehead atoms. The number of anilines is 1. The van der Waals surface area contributed by atoms with Gasteiger partial charge in [0.1, 0.15) is 0 Å². The van der Waals surface area contributed by atoms with Crippen molar-refractivity contribution in [3.8, 4) is 0 Å². The minimum Gasteiger partial charge on any atom is -0.399 e. The minimum absolute atomic E-state index is 0.0626. The summed E-state index contributed by atoms with van der Waals surface area (Å²) in [6.45, 7) is 0. The molecule has 3 nitrogen and oxygen atoms in total. The number of nitrogen functional groups attached to an aromatic ring is 1. The quantitative estimate of drug-likeness (QED) is 0.774. The van der Waals surface area contributed by atoms with Crippen LogP contribution in [0.25, 0.3) is 0 Å². The lowest BCUT2D eigenvalue weighted by Crippen LogP contribution is -2.68. The molecule has 3 N–H and O–H groups in total. The molecule has 4 rings (SSSR count). The normalized spacial score (nSPS) is 30.2. The highest BCUT2D eigenvalue weighted by Crippen LogP contribution is 2.56. The Kier molecular flexibility index (Phi) is 1.96. The first-order valence-electron chi connectivity index (χ1n) is 5.45. The number of nitrogens with one attached hydrogen (secondary N) is 1. The van der Waals surface area contributed by atoms with Gasteiger partial charge < -0.3 is 11.1 Å². The van der Waals surface area contributed by atoms with E-state index in [4.69, 9.17) is 17.3 Å². The topological polar surface area (TPSA) is 55.1 Å². The molecule has 3 aliphatic rings. The van der Waals surface area contributed by atoms with E-state index < -0.39 is 0 Å². The standard InChI is InChI=1S/C12H13ClN2O/c13-9-1-8(2-10(14)3-9)11(16)15-12-4-7(5-12)6-12/h1-3,7H,4-6,14H2,(H,15,16). The number of carbonyl (C=O) groups excluding carboxylic acids is 1. The van der Waals surface area contributed by atoms with E-state index in [-0.39, 0.29) is 11.4 Å². The molecule has 4 heteroatoms. The molecule has 84 valence electrons. The van der Waals surface area contributed by atoms with Crippen LogP contribution in [-0.4, -0.2) is 11.4 Å².